The SMILES string of the molecule is COC(=O)CC1Cn2nc(C)cc2NC1=O. The van der Waals surface area contributed by atoms with Gasteiger partial charge in [-0.15, -0.1) is 0 Å². The van der Waals surface area contributed by atoms with Crippen LogP contribution in [-0.4, -0.2) is 28.8 Å². The van der Waals surface area contributed by atoms with Crippen LogP contribution < -0.4 is 5.32 Å². The van der Waals surface area contributed by atoms with Gasteiger partial charge in [-0.1, -0.05) is 0 Å². The number of amides is 1. The molecule has 0 saturated heterocycles. The number of nitrogens with one attached hydrogen (secondary N) is 1. The number of methoxy groups -OCH3 is 1. The van der Waals surface area contributed by atoms with Gasteiger partial charge in [0.15, 0.2) is 0 Å². The lowest BCUT2D eigenvalue weighted by Gasteiger charge is -2.22. The molecule has 1 amide bonds. The number of hydrogen-bond acceptors (Lipinski definition) is 4. The molecule has 2 rings (SSSR count). The molecule has 2 heterocycles. The van der Waals surface area contributed by atoms with E-state index in [0.29, 0.717) is 12.4 Å². The van der Waals surface area contributed by atoms with Crippen LogP contribution in [0.5, 0.6) is 0 Å². The fourth-order valence-corrected chi connectivity index (χ4v) is 1.75. The highest BCUT2D eigenvalue weighted by molar-refractivity contribution is 5.95. The number of carbonyl (C=O) groups excluding carboxylic acids is 2. The summed E-state index contributed by atoms with van der Waals surface area (Å²) in [6.45, 7) is 2.27. The second kappa shape index (κ2) is 3.96. The third-order valence-electron chi connectivity index (χ3n) is 2.56. The van der Waals surface area contributed by atoms with Crippen LogP contribution in [0.4, 0.5) is 5.82 Å². The highest BCUT2D eigenvalue weighted by Crippen LogP contribution is 2.21. The van der Waals surface area contributed by atoms with Crippen LogP contribution in [-0.2, 0) is 20.9 Å². The van der Waals surface area contributed by atoms with Gasteiger partial charge in [-0.05, 0) is 6.92 Å². The van der Waals surface area contributed by atoms with Crippen LogP contribution in [0.1, 0.15) is 12.1 Å². The van der Waals surface area contributed by atoms with Crippen molar-refractivity contribution in [2.45, 2.75) is 19.9 Å². The molecule has 6 heteroatoms. The van der Waals surface area contributed by atoms with Gasteiger partial charge in [0.05, 0.1) is 31.7 Å². The summed E-state index contributed by atoms with van der Waals surface area (Å²) in [6.07, 6.45) is 0.0840. The first-order chi connectivity index (χ1) is 7.60. The lowest BCUT2D eigenvalue weighted by Crippen LogP contribution is -2.35. The monoisotopic (exact) mass is 223 g/mol. The molecule has 1 aliphatic heterocycles. The third-order valence-corrected chi connectivity index (χ3v) is 2.56. The Hall–Kier alpha value is -1.85. The van der Waals surface area contributed by atoms with Gasteiger partial charge in [-0.25, -0.2) is 4.68 Å². The van der Waals surface area contributed by atoms with Gasteiger partial charge < -0.3 is 10.1 Å². The Labute approximate surface area is 92.6 Å². The number of carbonyl (C=O) groups is 2. The smallest absolute Gasteiger partial charge is 0.306 e. The van der Waals surface area contributed by atoms with E-state index in [-0.39, 0.29) is 18.3 Å². The Kier molecular flexibility index (Phi) is 2.64. The number of rotatable bonds is 2. The van der Waals surface area contributed by atoms with E-state index in [0.717, 1.165) is 5.69 Å². The van der Waals surface area contributed by atoms with Gasteiger partial charge in [0, 0.05) is 6.07 Å². The van der Waals surface area contributed by atoms with Gasteiger partial charge >= 0.3 is 5.97 Å². The van der Waals surface area contributed by atoms with Crippen LogP contribution in [0.2, 0.25) is 0 Å². The van der Waals surface area contributed by atoms with E-state index in [4.69, 9.17) is 0 Å². The van der Waals surface area contributed by atoms with E-state index in [2.05, 4.69) is 15.2 Å². The Bertz CT molecular complexity index is 439. The summed E-state index contributed by atoms with van der Waals surface area (Å²) < 4.78 is 6.24. The van der Waals surface area contributed by atoms with E-state index < -0.39 is 5.92 Å². The summed E-state index contributed by atoms with van der Waals surface area (Å²) in [6, 6.07) is 1.80. The van der Waals surface area contributed by atoms with Crippen molar-refractivity contribution in [3.05, 3.63) is 11.8 Å². The number of aromatic nitrogens is 2. The summed E-state index contributed by atoms with van der Waals surface area (Å²) in [5, 5.41) is 6.93. The van der Waals surface area contributed by atoms with Gasteiger partial charge in [-0.2, -0.15) is 5.10 Å². The summed E-state index contributed by atoms with van der Waals surface area (Å²) >= 11 is 0. The van der Waals surface area contributed by atoms with E-state index in [1.807, 2.05) is 6.92 Å². The quantitative estimate of drug-likeness (QED) is 0.733. The standard InChI is InChI=1S/C10H13N3O3/c1-6-3-8-11-10(15)7(4-9(14)16-2)5-13(8)12-6/h3,7H,4-5H2,1-2H3,(H,11,15). The molecule has 16 heavy (non-hydrogen) atoms. The molecule has 0 bridgehead atoms. The maximum atomic E-state index is 11.7. The van der Waals surface area contributed by atoms with Crippen LogP contribution in [0.25, 0.3) is 0 Å². The minimum atomic E-state index is -0.403. The number of fused-ring (bicyclic) bond motifs is 1. The molecular weight excluding hydrogens is 210 g/mol. The number of nitrogens with zero attached hydrogens (tertiary/aromatic N) is 2. The normalized spacial score (nSPS) is 18.9. The van der Waals surface area contributed by atoms with E-state index in [9.17, 15) is 9.59 Å². The number of ether oxygens (including phenoxy) is 1. The van der Waals surface area contributed by atoms with Crippen molar-refractivity contribution in [3.63, 3.8) is 0 Å². The van der Waals surface area contributed by atoms with Crippen molar-refractivity contribution in [2.75, 3.05) is 12.4 Å². The van der Waals surface area contributed by atoms with Gasteiger partial charge in [0.2, 0.25) is 5.91 Å². The second-order valence-electron chi connectivity index (χ2n) is 3.82. The predicted octanol–water partition coefficient (Wildman–Crippen LogP) is 0.323. The number of hydrogen-bond donors (Lipinski definition) is 1. The van der Waals surface area contributed by atoms with Gasteiger partial charge in [-0.3, -0.25) is 9.59 Å². The number of esters is 1. The molecular formula is C10H13N3O3. The molecule has 0 saturated carbocycles. The Morgan fingerprint density at radius 2 is 2.50 bits per heavy atom. The predicted molar refractivity (Wildman–Crippen MR) is 55.7 cm³/mol. The Morgan fingerprint density at radius 1 is 1.75 bits per heavy atom. The lowest BCUT2D eigenvalue weighted by molar-refractivity contribution is -0.143. The molecule has 86 valence electrons. The van der Waals surface area contributed by atoms with Crippen LogP contribution in [0, 0.1) is 12.8 Å². The van der Waals surface area contributed by atoms with E-state index in [1.54, 1.807) is 10.7 Å². The number of aryl methyl sites for hydroxylation is 1. The summed E-state index contributed by atoms with van der Waals surface area (Å²) in [5.41, 5.74) is 0.842. The van der Waals surface area contributed by atoms with E-state index >= 15 is 0 Å². The fraction of sp³-hybridized carbons (Fsp3) is 0.500. The van der Waals surface area contributed by atoms with Crippen LogP contribution >= 0.6 is 0 Å². The summed E-state index contributed by atoms with van der Waals surface area (Å²) in [5.74, 6) is -0.256. The van der Waals surface area contributed by atoms with Gasteiger partial charge in [0.25, 0.3) is 0 Å². The molecule has 0 spiro atoms. The van der Waals surface area contributed by atoms with Crippen LogP contribution in [0.3, 0.4) is 0 Å². The molecule has 0 radical (unpaired) electrons. The first-order valence-electron chi connectivity index (χ1n) is 5.02. The van der Waals surface area contributed by atoms with Gasteiger partial charge in [0.1, 0.15) is 5.82 Å². The van der Waals surface area contributed by atoms with Crippen molar-refractivity contribution in [3.8, 4) is 0 Å². The molecule has 1 aromatic heterocycles. The average molecular weight is 223 g/mol. The van der Waals surface area contributed by atoms with Crippen molar-refractivity contribution >= 4 is 17.7 Å². The van der Waals surface area contributed by atoms with Crippen LogP contribution in [0.15, 0.2) is 6.07 Å². The second-order valence-corrected chi connectivity index (χ2v) is 3.82. The lowest BCUT2D eigenvalue weighted by atomic mass is 10.0. The zero-order valence-electron chi connectivity index (χ0n) is 9.19. The molecule has 0 aromatic carbocycles. The maximum absolute atomic E-state index is 11.7. The average Bonchev–Trinajstić information content (AvgIpc) is 2.58. The fourth-order valence-electron chi connectivity index (χ4n) is 1.75. The first-order valence-corrected chi connectivity index (χ1v) is 5.02. The summed E-state index contributed by atoms with van der Waals surface area (Å²) in [7, 11) is 1.31. The zero-order chi connectivity index (χ0) is 11.7. The molecule has 1 N–H and O–H groups in total. The van der Waals surface area contributed by atoms with Crippen molar-refractivity contribution in [1.29, 1.82) is 0 Å². The maximum Gasteiger partial charge on any atom is 0.306 e. The summed E-state index contributed by atoms with van der Waals surface area (Å²) in [4.78, 5) is 22.8. The Balaban J connectivity index is 2.14. The molecule has 0 aliphatic carbocycles. The molecule has 1 aliphatic rings. The number of anilines is 1. The molecule has 1 atom stereocenters. The first kappa shape index (κ1) is 10.7. The van der Waals surface area contributed by atoms with Crippen molar-refractivity contribution < 1.29 is 14.3 Å². The Morgan fingerprint density at radius 3 is 3.19 bits per heavy atom. The highest BCUT2D eigenvalue weighted by Gasteiger charge is 2.29. The molecule has 1 unspecified atom stereocenters. The largest absolute Gasteiger partial charge is 0.469 e. The topological polar surface area (TPSA) is 73.2 Å². The van der Waals surface area contributed by atoms with E-state index in [1.165, 1.54) is 7.11 Å². The third kappa shape index (κ3) is 1.91. The molecule has 6 nitrogen and oxygen atoms in total. The highest BCUT2D eigenvalue weighted by atomic mass is 16.5. The molecule has 1 aromatic rings. The minimum absolute atomic E-state index is 0.0840. The van der Waals surface area contributed by atoms with Crippen molar-refractivity contribution in [1.82, 2.24) is 9.78 Å². The zero-order valence-corrected chi connectivity index (χ0v) is 9.19. The minimum Gasteiger partial charge on any atom is -0.469 e. The molecule has 0 fully saturated rings. The van der Waals surface area contributed by atoms with Crippen molar-refractivity contribution in [2.24, 2.45) is 5.92 Å².